The number of fused-ring (bicyclic) bond motifs is 1. The molecule has 0 saturated carbocycles. The molecule has 120 valence electrons. The van der Waals surface area contributed by atoms with Gasteiger partial charge in [0.1, 0.15) is 12.3 Å². The molecule has 0 spiro atoms. The summed E-state index contributed by atoms with van der Waals surface area (Å²) in [5, 5.41) is 1.08. The molecule has 23 heavy (non-hydrogen) atoms. The third-order valence-electron chi connectivity index (χ3n) is 2.61. The van der Waals surface area contributed by atoms with Crippen LogP contribution < -0.4 is 0 Å². The molecule has 0 amide bonds. The molecule has 0 aliphatic carbocycles. The molecule has 0 aliphatic heterocycles. The van der Waals surface area contributed by atoms with Crippen LogP contribution in [-0.4, -0.2) is 23.7 Å². The van der Waals surface area contributed by atoms with E-state index in [4.69, 9.17) is 4.74 Å². The van der Waals surface area contributed by atoms with Gasteiger partial charge in [-0.15, -0.1) is 12.6 Å². The minimum atomic E-state index is 0.450. The molecule has 3 nitrogen and oxygen atoms in total. The third-order valence-corrected chi connectivity index (χ3v) is 2.90. The molecular formula is C19H22N2OS. The van der Waals surface area contributed by atoms with E-state index < -0.39 is 0 Å². The first-order valence-corrected chi connectivity index (χ1v) is 7.89. The van der Waals surface area contributed by atoms with Crippen molar-refractivity contribution in [2.75, 3.05) is 13.7 Å². The Morgan fingerprint density at radius 3 is 2.52 bits per heavy atom. The van der Waals surface area contributed by atoms with Crippen LogP contribution in [0.3, 0.4) is 0 Å². The van der Waals surface area contributed by atoms with Crippen molar-refractivity contribution in [3.05, 3.63) is 60.4 Å². The number of aromatic amines is 1. The van der Waals surface area contributed by atoms with Crippen molar-refractivity contribution in [2.24, 2.45) is 0 Å². The number of thiol groups is 1. The van der Waals surface area contributed by atoms with Gasteiger partial charge in [-0.1, -0.05) is 43.9 Å². The zero-order valence-electron chi connectivity index (χ0n) is 13.7. The number of ether oxygens (including phenoxy) is 1. The number of pyridine rings is 1. The summed E-state index contributed by atoms with van der Waals surface area (Å²) < 4.78 is 4.84. The van der Waals surface area contributed by atoms with E-state index in [2.05, 4.69) is 34.4 Å². The van der Waals surface area contributed by atoms with E-state index in [9.17, 15) is 0 Å². The Bertz CT molecular complexity index is 742. The maximum absolute atomic E-state index is 4.84. The van der Waals surface area contributed by atoms with Crippen molar-refractivity contribution in [3.63, 3.8) is 0 Å². The van der Waals surface area contributed by atoms with E-state index in [0.717, 1.165) is 21.5 Å². The van der Waals surface area contributed by atoms with Crippen molar-refractivity contribution in [2.45, 2.75) is 18.7 Å². The quantitative estimate of drug-likeness (QED) is 0.508. The smallest absolute Gasteiger partial charge is 0.137 e. The molecule has 3 aromatic rings. The van der Waals surface area contributed by atoms with Crippen molar-refractivity contribution >= 4 is 23.7 Å². The second kappa shape index (κ2) is 11.4. The molecule has 0 unspecified atom stereocenters. The van der Waals surface area contributed by atoms with Crippen LogP contribution in [-0.2, 0) is 4.74 Å². The monoisotopic (exact) mass is 326 g/mol. The summed E-state index contributed by atoms with van der Waals surface area (Å²) in [5.74, 6) is 5.86. The van der Waals surface area contributed by atoms with Gasteiger partial charge in [0, 0.05) is 35.3 Å². The normalized spacial score (nSPS) is 8.87. The third kappa shape index (κ3) is 7.05. The number of benzene rings is 1. The molecule has 0 atom stereocenters. The highest BCUT2D eigenvalue weighted by Gasteiger charge is 1.94. The number of hydrogen-bond donors (Lipinski definition) is 2. The zero-order chi connectivity index (χ0) is 16.9. The van der Waals surface area contributed by atoms with Crippen molar-refractivity contribution in [1.82, 2.24) is 9.97 Å². The maximum atomic E-state index is 4.84. The van der Waals surface area contributed by atoms with Crippen molar-refractivity contribution in [3.8, 4) is 11.8 Å². The number of hydrogen-bond acceptors (Lipinski definition) is 3. The van der Waals surface area contributed by atoms with Crippen molar-refractivity contribution < 1.29 is 4.74 Å². The predicted octanol–water partition coefficient (Wildman–Crippen LogP) is 4.56. The fraction of sp³-hybridized carbons (Fsp3) is 0.211. The summed E-state index contributed by atoms with van der Waals surface area (Å²) in [5.41, 5.74) is 1.80. The molecule has 1 aromatic carbocycles. The van der Waals surface area contributed by atoms with E-state index >= 15 is 0 Å². The average Bonchev–Trinajstić information content (AvgIpc) is 3.06. The summed E-state index contributed by atoms with van der Waals surface area (Å²) >= 11 is 4.08. The lowest BCUT2D eigenvalue weighted by Crippen LogP contribution is -1.83. The van der Waals surface area contributed by atoms with Crippen LogP contribution in [0.4, 0.5) is 0 Å². The minimum Gasteiger partial charge on any atom is -0.372 e. The summed E-state index contributed by atoms with van der Waals surface area (Å²) in [6.45, 7) is 4.45. The lowest BCUT2D eigenvalue weighted by atomic mass is 10.2. The number of methoxy groups -OCH3 is 1. The average molecular weight is 326 g/mol. The highest BCUT2D eigenvalue weighted by molar-refractivity contribution is 7.80. The molecule has 0 bridgehead atoms. The Morgan fingerprint density at radius 2 is 1.91 bits per heavy atom. The lowest BCUT2D eigenvalue weighted by Gasteiger charge is -1.90. The van der Waals surface area contributed by atoms with Crippen LogP contribution in [0.5, 0.6) is 0 Å². The summed E-state index contributed by atoms with van der Waals surface area (Å²) in [6, 6.07) is 13.8. The molecule has 4 heteroatoms. The molecule has 1 N–H and O–H groups in total. The first-order chi connectivity index (χ1) is 11.3. The first kappa shape index (κ1) is 18.8. The molecule has 2 aromatic heterocycles. The maximum Gasteiger partial charge on any atom is 0.137 e. The Balaban J connectivity index is 0.000000247. The van der Waals surface area contributed by atoms with Gasteiger partial charge in [-0.3, -0.25) is 0 Å². The van der Waals surface area contributed by atoms with Crippen molar-refractivity contribution in [1.29, 1.82) is 0 Å². The van der Waals surface area contributed by atoms with Gasteiger partial charge in [0.2, 0.25) is 0 Å². The van der Waals surface area contributed by atoms with Crippen LogP contribution in [0.15, 0.2) is 59.8 Å². The molecular weight excluding hydrogens is 304 g/mol. The van der Waals surface area contributed by atoms with Gasteiger partial charge in [-0.2, -0.15) is 0 Å². The van der Waals surface area contributed by atoms with Crippen LogP contribution in [0.1, 0.15) is 19.4 Å². The Hall–Kier alpha value is -2.22. The molecule has 0 saturated heterocycles. The number of H-pyrrole nitrogens is 1. The molecule has 0 aliphatic rings. The summed E-state index contributed by atoms with van der Waals surface area (Å²) in [4.78, 5) is 8.27. The van der Waals surface area contributed by atoms with Gasteiger partial charge >= 0.3 is 0 Å². The molecule has 0 radical (unpaired) electrons. The van der Waals surface area contributed by atoms with Gasteiger partial charge in [-0.05, 0) is 24.3 Å². The fourth-order valence-electron chi connectivity index (χ4n) is 1.65. The van der Waals surface area contributed by atoms with Crippen LogP contribution in [0, 0.1) is 11.8 Å². The highest BCUT2D eigenvalue weighted by Crippen LogP contribution is 2.10. The van der Waals surface area contributed by atoms with Crippen LogP contribution >= 0.6 is 12.6 Å². The minimum absolute atomic E-state index is 0.450. The summed E-state index contributed by atoms with van der Waals surface area (Å²) in [7, 11) is 1.63. The van der Waals surface area contributed by atoms with E-state index in [0.29, 0.717) is 6.61 Å². The lowest BCUT2D eigenvalue weighted by molar-refractivity contribution is 0.240. The zero-order valence-corrected chi connectivity index (χ0v) is 14.6. The Labute approximate surface area is 143 Å². The number of nitrogens with one attached hydrogen (secondary N) is 1. The topological polar surface area (TPSA) is 37.9 Å². The highest BCUT2D eigenvalue weighted by atomic mass is 32.1. The van der Waals surface area contributed by atoms with E-state index in [-0.39, 0.29) is 0 Å². The summed E-state index contributed by atoms with van der Waals surface area (Å²) in [6.07, 6.45) is 3.62. The van der Waals surface area contributed by atoms with Gasteiger partial charge in [0.25, 0.3) is 0 Å². The molecule has 3 rings (SSSR count). The largest absolute Gasteiger partial charge is 0.372 e. The molecule has 2 heterocycles. The van der Waals surface area contributed by atoms with E-state index in [1.807, 2.05) is 62.5 Å². The van der Waals surface area contributed by atoms with E-state index in [1.165, 1.54) is 0 Å². The van der Waals surface area contributed by atoms with Crippen LogP contribution in [0.25, 0.3) is 11.0 Å². The first-order valence-electron chi connectivity index (χ1n) is 7.44. The van der Waals surface area contributed by atoms with Gasteiger partial charge < -0.3 is 9.72 Å². The number of rotatable bonds is 1. The predicted molar refractivity (Wildman–Crippen MR) is 99.9 cm³/mol. The standard InChI is InChI=1S/C11H10N2O.C6H6S.C2H6/c1-14-6-2-3-9-7-10-4-5-12-11(10)13-8-9;7-6-4-2-1-3-5-6;1-2/h4-5,7-8H,6H2,1H3,(H,12,13);1-5,7H;1-2H3. The fourth-order valence-corrected chi connectivity index (χ4v) is 1.82. The Kier molecular flexibility index (Phi) is 9.30. The number of aromatic nitrogens is 2. The second-order valence-electron chi connectivity index (χ2n) is 4.21. The van der Waals surface area contributed by atoms with Crippen LogP contribution in [0.2, 0.25) is 0 Å². The Morgan fingerprint density at radius 1 is 1.17 bits per heavy atom. The second-order valence-corrected chi connectivity index (χ2v) is 4.73. The van der Waals surface area contributed by atoms with Gasteiger partial charge in [0.15, 0.2) is 0 Å². The van der Waals surface area contributed by atoms with Gasteiger partial charge in [0.05, 0.1) is 0 Å². The SMILES string of the molecule is CC.COCC#Cc1cnc2[nH]ccc2c1.Sc1ccccc1. The van der Waals surface area contributed by atoms with Gasteiger partial charge in [-0.25, -0.2) is 4.98 Å². The number of nitrogens with zero attached hydrogens (tertiary/aromatic N) is 1. The van der Waals surface area contributed by atoms with E-state index in [1.54, 1.807) is 13.3 Å². The molecule has 0 fully saturated rings.